The zero-order chi connectivity index (χ0) is 16.0. The van der Waals surface area contributed by atoms with Gasteiger partial charge in [-0.15, -0.1) is 0 Å². The fraction of sp³-hybridized carbons (Fsp3) is 0.462. The number of benzene rings is 1. The first-order valence-corrected chi connectivity index (χ1v) is 8.09. The summed E-state index contributed by atoms with van der Waals surface area (Å²) < 4.78 is 36.0. The summed E-state index contributed by atoms with van der Waals surface area (Å²) in [6, 6.07) is 4.30. The molecule has 0 atom stereocenters. The Kier molecular flexibility index (Phi) is 6.44. The summed E-state index contributed by atoms with van der Waals surface area (Å²) in [4.78, 5) is 11.2. The second-order valence-corrected chi connectivity index (χ2v) is 6.46. The Morgan fingerprint density at radius 2 is 2.00 bits per heavy atom. The van der Waals surface area contributed by atoms with Crippen molar-refractivity contribution in [3.63, 3.8) is 0 Å². The van der Waals surface area contributed by atoms with Gasteiger partial charge in [0.05, 0.1) is 20.6 Å². The lowest BCUT2D eigenvalue weighted by Crippen LogP contribution is -2.33. The van der Waals surface area contributed by atoms with Crippen LogP contribution in [-0.2, 0) is 19.6 Å². The summed E-state index contributed by atoms with van der Waals surface area (Å²) in [6.45, 7) is 1.96. The third-order valence-electron chi connectivity index (χ3n) is 2.89. The van der Waals surface area contributed by atoms with E-state index in [9.17, 15) is 13.2 Å². The molecule has 0 fully saturated rings. The molecule has 8 heteroatoms. The fourth-order valence-corrected chi connectivity index (χ4v) is 3.51. The molecule has 0 radical (unpaired) electrons. The maximum atomic E-state index is 12.6. The van der Waals surface area contributed by atoms with Crippen molar-refractivity contribution in [3.05, 3.63) is 23.2 Å². The van der Waals surface area contributed by atoms with Gasteiger partial charge in [-0.2, -0.15) is 4.31 Å². The summed E-state index contributed by atoms with van der Waals surface area (Å²) in [7, 11) is -1.14. The standard InChI is InChI=1S/C13H18ClNO5S/c1-4-15(8-7-13(16)20-3)21(17,18)12-6-5-10(14)9-11(12)19-2/h5-6,9H,4,7-8H2,1-3H3. The molecule has 0 unspecified atom stereocenters. The van der Waals surface area contributed by atoms with Crippen molar-refractivity contribution in [1.29, 1.82) is 0 Å². The number of carbonyl (C=O) groups excluding carboxylic acids is 1. The molecule has 0 saturated heterocycles. The number of carbonyl (C=O) groups is 1. The molecule has 0 N–H and O–H groups in total. The molecule has 6 nitrogen and oxygen atoms in total. The molecule has 0 spiro atoms. The van der Waals surface area contributed by atoms with E-state index in [0.29, 0.717) is 5.02 Å². The van der Waals surface area contributed by atoms with E-state index in [1.807, 2.05) is 0 Å². The number of ether oxygens (including phenoxy) is 2. The van der Waals surface area contributed by atoms with Gasteiger partial charge in [-0.05, 0) is 12.1 Å². The van der Waals surface area contributed by atoms with Gasteiger partial charge in [-0.3, -0.25) is 4.79 Å². The van der Waals surface area contributed by atoms with Gasteiger partial charge in [0, 0.05) is 24.2 Å². The molecule has 1 rings (SSSR count). The third-order valence-corrected chi connectivity index (χ3v) is 5.14. The SMILES string of the molecule is CCN(CCC(=O)OC)S(=O)(=O)c1ccc(Cl)cc1OC. The van der Waals surface area contributed by atoms with Crippen molar-refractivity contribution in [2.24, 2.45) is 0 Å². The lowest BCUT2D eigenvalue weighted by Gasteiger charge is -2.21. The summed E-state index contributed by atoms with van der Waals surface area (Å²) >= 11 is 5.83. The van der Waals surface area contributed by atoms with Crippen LogP contribution in [0.5, 0.6) is 5.75 Å². The maximum Gasteiger partial charge on any atom is 0.306 e. The molecule has 0 aliphatic carbocycles. The Labute approximate surface area is 129 Å². The summed E-state index contributed by atoms with van der Waals surface area (Å²) in [5, 5.41) is 0.378. The van der Waals surface area contributed by atoms with E-state index in [1.54, 1.807) is 6.92 Å². The van der Waals surface area contributed by atoms with E-state index in [0.717, 1.165) is 0 Å². The summed E-state index contributed by atoms with van der Waals surface area (Å²) in [5.74, 6) is -0.300. The predicted octanol–water partition coefficient (Wildman–Crippen LogP) is 1.92. The van der Waals surface area contributed by atoms with E-state index >= 15 is 0 Å². The zero-order valence-electron chi connectivity index (χ0n) is 12.1. The largest absolute Gasteiger partial charge is 0.495 e. The fourth-order valence-electron chi connectivity index (χ4n) is 1.76. The van der Waals surface area contributed by atoms with E-state index < -0.39 is 16.0 Å². The summed E-state index contributed by atoms with van der Waals surface area (Å²) in [5.41, 5.74) is 0. The molecule has 0 amide bonds. The number of hydrogen-bond acceptors (Lipinski definition) is 5. The third kappa shape index (κ3) is 4.33. The molecule has 1 aromatic rings. The van der Waals surface area contributed by atoms with Crippen LogP contribution in [0.1, 0.15) is 13.3 Å². The van der Waals surface area contributed by atoms with Gasteiger partial charge in [0.15, 0.2) is 0 Å². The molecule has 21 heavy (non-hydrogen) atoms. The molecule has 1 aromatic carbocycles. The molecule has 0 aromatic heterocycles. The molecular weight excluding hydrogens is 318 g/mol. The summed E-state index contributed by atoms with van der Waals surface area (Å²) in [6.07, 6.45) is -0.0144. The van der Waals surface area contributed by atoms with Gasteiger partial charge in [0.2, 0.25) is 10.0 Å². The molecular formula is C13H18ClNO5S. The monoisotopic (exact) mass is 335 g/mol. The van der Waals surface area contributed by atoms with Crippen molar-refractivity contribution in [2.45, 2.75) is 18.2 Å². The number of halogens is 1. The topological polar surface area (TPSA) is 72.9 Å². The molecule has 0 bridgehead atoms. The first kappa shape index (κ1) is 17.7. The first-order chi connectivity index (χ1) is 9.86. The van der Waals surface area contributed by atoms with E-state index in [1.165, 1.54) is 36.7 Å². The Morgan fingerprint density at radius 3 is 2.52 bits per heavy atom. The minimum Gasteiger partial charge on any atom is -0.495 e. The zero-order valence-corrected chi connectivity index (χ0v) is 13.7. The number of hydrogen-bond donors (Lipinski definition) is 0. The van der Waals surface area contributed by atoms with Crippen LogP contribution in [0, 0.1) is 0 Å². The van der Waals surface area contributed by atoms with Crippen molar-refractivity contribution < 1.29 is 22.7 Å². The van der Waals surface area contributed by atoms with Crippen LogP contribution in [0.15, 0.2) is 23.1 Å². The Hall–Kier alpha value is -1.31. The highest BCUT2D eigenvalue weighted by molar-refractivity contribution is 7.89. The van der Waals surface area contributed by atoms with Crippen LogP contribution in [0.4, 0.5) is 0 Å². The van der Waals surface area contributed by atoms with E-state index in [-0.39, 0.29) is 30.2 Å². The average molecular weight is 336 g/mol. The van der Waals surface area contributed by atoms with E-state index in [4.69, 9.17) is 16.3 Å². The molecule has 0 heterocycles. The van der Waals surface area contributed by atoms with Gasteiger partial charge in [0.25, 0.3) is 0 Å². The number of rotatable bonds is 7. The Bertz CT molecular complexity index is 603. The molecule has 0 aliphatic heterocycles. The second-order valence-electron chi connectivity index (χ2n) is 4.12. The smallest absolute Gasteiger partial charge is 0.306 e. The van der Waals surface area contributed by atoms with Crippen LogP contribution in [0.3, 0.4) is 0 Å². The molecule has 118 valence electrons. The van der Waals surface area contributed by atoms with Gasteiger partial charge < -0.3 is 9.47 Å². The van der Waals surface area contributed by atoms with E-state index in [2.05, 4.69) is 4.74 Å². The number of esters is 1. The second kappa shape index (κ2) is 7.63. The Balaban J connectivity index is 3.10. The van der Waals surface area contributed by atoms with Crippen LogP contribution >= 0.6 is 11.6 Å². The quantitative estimate of drug-likeness (QED) is 0.712. The van der Waals surface area contributed by atoms with Gasteiger partial charge in [-0.25, -0.2) is 8.42 Å². The van der Waals surface area contributed by atoms with Crippen molar-refractivity contribution in [2.75, 3.05) is 27.3 Å². The predicted molar refractivity (Wildman–Crippen MR) is 79.1 cm³/mol. The highest BCUT2D eigenvalue weighted by Crippen LogP contribution is 2.29. The highest BCUT2D eigenvalue weighted by atomic mass is 35.5. The van der Waals surface area contributed by atoms with Crippen molar-refractivity contribution in [1.82, 2.24) is 4.31 Å². The van der Waals surface area contributed by atoms with Crippen LogP contribution in [0.25, 0.3) is 0 Å². The number of methoxy groups -OCH3 is 2. The van der Waals surface area contributed by atoms with Gasteiger partial charge in [-0.1, -0.05) is 18.5 Å². The van der Waals surface area contributed by atoms with Gasteiger partial charge >= 0.3 is 5.97 Å². The van der Waals surface area contributed by atoms with Gasteiger partial charge in [0.1, 0.15) is 10.6 Å². The Morgan fingerprint density at radius 1 is 1.33 bits per heavy atom. The van der Waals surface area contributed by atoms with Crippen LogP contribution in [-0.4, -0.2) is 46.0 Å². The highest BCUT2D eigenvalue weighted by Gasteiger charge is 2.27. The average Bonchev–Trinajstić information content (AvgIpc) is 2.46. The molecule has 0 aliphatic rings. The van der Waals surface area contributed by atoms with Crippen molar-refractivity contribution in [3.8, 4) is 5.75 Å². The molecule has 0 saturated carbocycles. The number of sulfonamides is 1. The minimum absolute atomic E-state index is 0.0144. The van der Waals surface area contributed by atoms with Crippen LogP contribution < -0.4 is 4.74 Å². The van der Waals surface area contributed by atoms with Crippen LogP contribution in [0.2, 0.25) is 5.02 Å². The minimum atomic E-state index is -3.77. The normalized spacial score (nSPS) is 11.5. The lowest BCUT2D eigenvalue weighted by molar-refractivity contribution is -0.140. The van der Waals surface area contributed by atoms with Crippen molar-refractivity contribution >= 4 is 27.6 Å². The maximum absolute atomic E-state index is 12.6. The number of nitrogens with zero attached hydrogens (tertiary/aromatic N) is 1. The lowest BCUT2D eigenvalue weighted by atomic mass is 10.3. The first-order valence-electron chi connectivity index (χ1n) is 6.27.